The number of hydrogen-bond donors (Lipinski definition) is 0. The van der Waals surface area contributed by atoms with Crippen molar-refractivity contribution in [3.05, 3.63) is 100 Å². The summed E-state index contributed by atoms with van der Waals surface area (Å²) in [5.41, 5.74) is 5.28. The molecule has 0 aliphatic carbocycles. The Labute approximate surface area is 167 Å². The quantitative estimate of drug-likeness (QED) is 0.312. The molecule has 1 nitrogen and oxygen atoms in total. The summed E-state index contributed by atoms with van der Waals surface area (Å²) in [6.45, 7) is 3.02. The smallest absolute Gasteiger partial charge is 0.0495 e. The van der Waals surface area contributed by atoms with E-state index in [4.69, 9.17) is 0 Å². The van der Waals surface area contributed by atoms with Crippen molar-refractivity contribution >= 4 is 38.6 Å². The van der Waals surface area contributed by atoms with Crippen molar-refractivity contribution in [2.24, 2.45) is 0 Å². The predicted octanol–water partition coefficient (Wildman–Crippen LogP) is 7.05. The van der Waals surface area contributed by atoms with Gasteiger partial charge in [0.15, 0.2) is 0 Å². The molecule has 26 heavy (non-hydrogen) atoms. The van der Waals surface area contributed by atoms with Gasteiger partial charge in [0.05, 0.1) is 0 Å². The van der Waals surface area contributed by atoms with Crippen LogP contribution in [0.4, 0.5) is 0 Å². The molecule has 0 saturated carbocycles. The zero-order valence-electron chi connectivity index (χ0n) is 14.7. The van der Waals surface area contributed by atoms with Gasteiger partial charge in [-0.05, 0) is 36.2 Å². The normalized spacial score (nSPS) is 11.2. The van der Waals surface area contributed by atoms with Crippen LogP contribution in [0.25, 0.3) is 10.9 Å². The van der Waals surface area contributed by atoms with Crippen molar-refractivity contribution in [2.45, 2.75) is 24.1 Å². The molecule has 4 aromatic rings. The molecule has 1 heterocycles. The first-order valence-electron chi connectivity index (χ1n) is 8.70. The number of aryl methyl sites for hydroxylation is 1. The number of hydrogen-bond acceptors (Lipinski definition) is 1. The molecule has 1 aromatic heterocycles. The molecule has 3 aromatic carbocycles. The first-order valence-corrected chi connectivity index (χ1v) is 10.5. The first-order chi connectivity index (χ1) is 12.7. The molecular formula is C23H20BrNS. The lowest BCUT2D eigenvalue weighted by Crippen LogP contribution is -1.97. The summed E-state index contributed by atoms with van der Waals surface area (Å²) in [6, 6.07) is 26.1. The fourth-order valence-corrected chi connectivity index (χ4v) is 4.40. The molecule has 0 fully saturated rings. The number of benzene rings is 3. The molecule has 3 heteroatoms. The fourth-order valence-electron chi connectivity index (χ4n) is 3.09. The van der Waals surface area contributed by atoms with Gasteiger partial charge in [-0.1, -0.05) is 76.1 Å². The zero-order valence-corrected chi connectivity index (χ0v) is 17.1. The summed E-state index contributed by atoms with van der Waals surface area (Å²) < 4.78 is 3.48. The molecular weight excluding hydrogens is 402 g/mol. The second-order valence-electron chi connectivity index (χ2n) is 6.54. The molecule has 4 rings (SSSR count). The summed E-state index contributed by atoms with van der Waals surface area (Å²) in [5.74, 6) is 0.993. The summed E-state index contributed by atoms with van der Waals surface area (Å²) in [4.78, 5) is 1.35. The molecule has 0 radical (unpaired) electrons. The van der Waals surface area contributed by atoms with E-state index >= 15 is 0 Å². The third kappa shape index (κ3) is 3.89. The zero-order chi connectivity index (χ0) is 17.9. The topological polar surface area (TPSA) is 4.93 Å². The first kappa shape index (κ1) is 17.4. The molecule has 0 N–H and O–H groups in total. The molecule has 130 valence electrons. The highest BCUT2D eigenvalue weighted by atomic mass is 79.9. The predicted molar refractivity (Wildman–Crippen MR) is 116 cm³/mol. The Balaban J connectivity index is 1.60. The van der Waals surface area contributed by atoms with Crippen LogP contribution in [0.2, 0.25) is 0 Å². The van der Waals surface area contributed by atoms with E-state index in [1.807, 2.05) is 11.8 Å². The van der Waals surface area contributed by atoms with Gasteiger partial charge >= 0.3 is 0 Å². The lowest BCUT2D eigenvalue weighted by molar-refractivity contribution is 0.830. The van der Waals surface area contributed by atoms with Crippen LogP contribution in [-0.2, 0) is 12.3 Å². The second kappa shape index (κ2) is 7.73. The number of rotatable bonds is 5. The average molecular weight is 422 g/mol. The second-order valence-corrected chi connectivity index (χ2v) is 8.47. The molecule has 0 amide bonds. The van der Waals surface area contributed by atoms with Crippen molar-refractivity contribution in [2.75, 3.05) is 0 Å². The van der Waals surface area contributed by atoms with Crippen LogP contribution in [0.15, 0.2) is 88.4 Å². The van der Waals surface area contributed by atoms with E-state index in [1.165, 1.54) is 32.5 Å². The monoisotopic (exact) mass is 421 g/mol. The molecule has 0 spiro atoms. The highest BCUT2D eigenvalue weighted by Crippen LogP contribution is 2.32. The van der Waals surface area contributed by atoms with Crippen LogP contribution in [0.1, 0.15) is 16.7 Å². The van der Waals surface area contributed by atoms with Crippen LogP contribution in [-0.4, -0.2) is 4.57 Å². The van der Waals surface area contributed by atoms with Crippen LogP contribution in [0.5, 0.6) is 0 Å². The molecule has 0 aliphatic rings. The van der Waals surface area contributed by atoms with Gasteiger partial charge in [-0.2, -0.15) is 0 Å². The van der Waals surface area contributed by atoms with Gasteiger partial charge in [0.25, 0.3) is 0 Å². The van der Waals surface area contributed by atoms with Gasteiger partial charge in [0.1, 0.15) is 0 Å². The lowest BCUT2D eigenvalue weighted by Gasteiger charge is -2.05. The van der Waals surface area contributed by atoms with E-state index in [0.29, 0.717) is 0 Å². The minimum absolute atomic E-state index is 0.888. The Bertz CT molecular complexity index is 1020. The number of halogens is 1. The van der Waals surface area contributed by atoms with Gasteiger partial charge in [-0.15, -0.1) is 11.8 Å². The van der Waals surface area contributed by atoms with Crippen molar-refractivity contribution < 1.29 is 0 Å². The number of aromatic nitrogens is 1. The minimum atomic E-state index is 0.888. The number of nitrogens with zero attached hydrogens (tertiary/aromatic N) is 1. The van der Waals surface area contributed by atoms with E-state index in [1.54, 1.807) is 0 Å². The van der Waals surface area contributed by atoms with Gasteiger partial charge in [-0.3, -0.25) is 0 Å². The van der Waals surface area contributed by atoms with E-state index in [0.717, 1.165) is 16.8 Å². The van der Waals surface area contributed by atoms with E-state index in [2.05, 4.69) is 106 Å². The third-order valence-corrected chi connectivity index (χ3v) is 6.18. The highest BCUT2D eigenvalue weighted by Gasteiger charge is 2.09. The number of fused-ring (bicyclic) bond motifs is 1. The van der Waals surface area contributed by atoms with E-state index in [9.17, 15) is 0 Å². The Morgan fingerprint density at radius 1 is 0.846 bits per heavy atom. The summed E-state index contributed by atoms with van der Waals surface area (Å²) >= 11 is 5.43. The Hall–Kier alpha value is -1.97. The van der Waals surface area contributed by atoms with E-state index < -0.39 is 0 Å². The average Bonchev–Trinajstić information content (AvgIpc) is 3.01. The Morgan fingerprint density at radius 2 is 1.54 bits per heavy atom. The highest BCUT2D eigenvalue weighted by molar-refractivity contribution is 9.10. The van der Waals surface area contributed by atoms with Gasteiger partial charge in [-0.25, -0.2) is 0 Å². The molecule has 0 unspecified atom stereocenters. The van der Waals surface area contributed by atoms with Crippen LogP contribution in [0.3, 0.4) is 0 Å². The third-order valence-electron chi connectivity index (χ3n) is 4.53. The fraction of sp³-hybridized carbons (Fsp3) is 0.130. The standard InChI is InChI=1S/C23H20BrNS/c1-17-6-8-19(9-7-17)16-26-23-15-25(22-5-3-2-4-21(22)23)14-18-10-12-20(24)13-11-18/h2-13,15H,14,16H2,1H3. The van der Waals surface area contributed by atoms with Crippen molar-refractivity contribution in [3.8, 4) is 0 Å². The Morgan fingerprint density at radius 3 is 2.31 bits per heavy atom. The largest absolute Gasteiger partial charge is 0.342 e. The van der Waals surface area contributed by atoms with Crippen LogP contribution in [0, 0.1) is 6.92 Å². The number of thioether (sulfide) groups is 1. The maximum Gasteiger partial charge on any atom is 0.0495 e. The maximum absolute atomic E-state index is 3.51. The van der Waals surface area contributed by atoms with Crippen LogP contribution >= 0.6 is 27.7 Å². The summed E-state index contributed by atoms with van der Waals surface area (Å²) in [6.07, 6.45) is 2.30. The van der Waals surface area contributed by atoms with Crippen molar-refractivity contribution in [3.63, 3.8) is 0 Å². The molecule has 0 aliphatic heterocycles. The van der Waals surface area contributed by atoms with Gasteiger partial charge in [0.2, 0.25) is 0 Å². The maximum atomic E-state index is 3.51. The van der Waals surface area contributed by atoms with Crippen molar-refractivity contribution in [1.29, 1.82) is 0 Å². The van der Waals surface area contributed by atoms with Gasteiger partial charge in [0, 0.05) is 38.8 Å². The van der Waals surface area contributed by atoms with Crippen molar-refractivity contribution in [1.82, 2.24) is 4.57 Å². The van der Waals surface area contributed by atoms with Gasteiger partial charge < -0.3 is 4.57 Å². The Kier molecular flexibility index (Phi) is 5.18. The minimum Gasteiger partial charge on any atom is -0.342 e. The summed E-state index contributed by atoms with van der Waals surface area (Å²) in [7, 11) is 0. The van der Waals surface area contributed by atoms with Crippen LogP contribution < -0.4 is 0 Å². The summed E-state index contributed by atoms with van der Waals surface area (Å²) in [5, 5.41) is 1.33. The molecule has 0 atom stereocenters. The van der Waals surface area contributed by atoms with E-state index in [-0.39, 0.29) is 0 Å². The molecule has 0 bridgehead atoms. The number of para-hydroxylation sites is 1. The SMILES string of the molecule is Cc1ccc(CSc2cn(Cc3ccc(Br)cc3)c3ccccc23)cc1. The lowest BCUT2D eigenvalue weighted by atomic mass is 10.2. The molecule has 0 saturated heterocycles.